The number of anilines is 1. The van der Waals surface area contributed by atoms with Crippen LogP contribution in [0, 0.1) is 11.3 Å². The van der Waals surface area contributed by atoms with Crippen LogP contribution in [0.1, 0.15) is 6.92 Å². The lowest BCUT2D eigenvalue weighted by molar-refractivity contribution is -0.138. The van der Waals surface area contributed by atoms with E-state index < -0.39 is 5.97 Å². The maximum Gasteiger partial charge on any atom is 0.350 e. The zero-order chi connectivity index (χ0) is 18.6. The highest BCUT2D eigenvalue weighted by Gasteiger charge is 2.09. The van der Waals surface area contributed by atoms with E-state index in [1.54, 1.807) is 37.3 Å². The molecule has 6 nitrogen and oxygen atoms in total. The van der Waals surface area contributed by atoms with Crippen LogP contribution in [0.25, 0.3) is 0 Å². The Balaban J connectivity index is 1.78. The van der Waals surface area contributed by atoms with Gasteiger partial charge >= 0.3 is 5.97 Å². The molecule has 0 radical (unpaired) electrons. The van der Waals surface area contributed by atoms with Crippen LogP contribution in [0.4, 0.5) is 5.69 Å². The number of para-hydroxylation sites is 1. The Morgan fingerprint density at radius 3 is 2.23 bits per heavy atom. The van der Waals surface area contributed by atoms with Crippen LogP contribution in [-0.4, -0.2) is 25.8 Å². The van der Waals surface area contributed by atoms with E-state index in [0.29, 0.717) is 19.0 Å². The van der Waals surface area contributed by atoms with Crippen molar-refractivity contribution in [2.75, 3.05) is 25.1 Å². The molecular formula is C20H20N2O4. The Hall–Kier alpha value is -3.46. The van der Waals surface area contributed by atoms with Gasteiger partial charge in [0.05, 0.1) is 6.61 Å². The molecule has 2 rings (SSSR count). The maximum absolute atomic E-state index is 11.5. The lowest BCUT2D eigenvalue weighted by Crippen LogP contribution is -2.09. The van der Waals surface area contributed by atoms with Gasteiger partial charge in [0.15, 0.2) is 5.57 Å². The molecule has 0 aliphatic carbocycles. The third kappa shape index (κ3) is 6.21. The number of nitrogens with zero attached hydrogens (tertiary/aromatic N) is 1. The first-order valence-corrected chi connectivity index (χ1v) is 8.17. The molecule has 0 saturated carbocycles. The summed E-state index contributed by atoms with van der Waals surface area (Å²) in [5.74, 6) is 0.847. The highest BCUT2D eigenvalue weighted by Crippen LogP contribution is 2.16. The van der Waals surface area contributed by atoms with Gasteiger partial charge in [0.25, 0.3) is 0 Å². The van der Waals surface area contributed by atoms with Crippen LogP contribution in [0.15, 0.2) is 66.4 Å². The second-order valence-electron chi connectivity index (χ2n) is 5.07. The van der Waals surface area contributed by atoms with Crippen LogP contribution in [0.3, 0.4) is 0 Å². The fourth-order valence-corrected chi connectivity index (χ4v) is 1.98. The van der Waals surface area contributed by atoms with Gasteiger partial charge in [-0.1, -0.05) is 18.2 Å². The van der Waals surface area contributed by atoms with Crippen LogP contribution in [0.5, 0.6) is 11.5 Å². The van der Waals surface area contributed by atoms with E-state index in [2.05, 4.69) is 5.32 Å². The number of carbonyl (C=O) groups is 1. The third-order valence-corrected chi connectivity index (χ3v) is 3.22. The van der Waals surface area contributed by atoms with E-state index in [9.17, 15) is 4.79 Å². The number of carbonyl (C=O) groups excluding carboxylic acids is 1. The van der Waals surface area contributed by atoms with Crippen LogP contribution in [-0.2, 0) is 9.53 Å². The number of nitriles is 1. The number of ether oxygens (including phenoxy) is 3. The summed E-state index contributed by atoms with van der Waals surface area (Å²) in [5, 5.41) is 11.8. The van der Waals surface area contributed by atoms with Gasteiger partial charge in [0.2, 0.25) is 0 Å². The molecule has 2 aromatic rings. The summed E-state index contributed by atoms with van der Waals surface area (Å²) in [6.45, 7) is 2.77. The van der Waals surface area contributed by atoms with Crippen LogP contribution < -0.4 is 14.8 Å². The zero-order valence-electron chi connectivity index (χ0n) is 14.5. The maximum atomic E-state index is 11.5. The van der Waals surface area contributed by atoms with Crippen molar-refractivity contribution in [1.82, 2.24) is 0 Å². The first-order chi connectivity index (χ1) is 12.7. The van der Waals surface area contributed by atoms with Gasteiger partial charge in [-0.25, -0.2) is 4.79 Å². The fourth-order valence-electron chi connectivity index (χ4n) is 1.98. The van der Waals surface area contributed by atoms with E-state index in [4.69, 9.17) is 19.5 Å². The standard InChI is InChI=1S/C20H20N2O4/c1-2-24-20(23)16(14-21)15-22-17-8-10-19(11-9-17)26-13-12-25-18-6-4-3-5-7-18/h3-11,15,22H,2,12-13H2,1H3/b16-15-. The number of benzene rings is 2. The second kappa shape index (κ2) is 10.4. The van der Waals surface area contributed by atoms with Crippen molar-refractivity contribution in [2.24, 2.45) is 0 Å². The topological polar surface area (TPSA) is 80.6 Å². The average Bonchev–Trinajstić information content (AvgIpc) is 2.68. The van der Waals surface area contributed by atoms with Gasteiger partial charge in [-0.3, -0.25) is 0 Å². The smallest absolute Gasteiger partial charge is 0.350 e. The monoisotopic (exact) mass is 352 g/mol. The Kier molecular flexibility index (Phi) is 7.56. The van der Waals surface area contributed by atoms with Crippen molar-refractivity contribution in [3.05, 3.63) is 66.4 Å². The summed E-state index contributed by atoms with van der Waals surface area (Å²) in [4.78, 5) is 11.5. The van der Waals surface area contributed by atoms with E-state index in [0.717, 1.165) is 11.4 Å². The minimum Gasteiger partial charge on any atom is -0.490 e. The minimum absolute atomic E-state index is 0.0924. The molecule has 2 aromatic carbocycles. The highest BCUT2D eigenvalue weighted by atomic mass is 16.5. The molecule has 0 aromatic heterocycles. The summed E-state index contributed by atoms with van der Waals surface area (Å²) < 4.78 is 15.9. The Morgan fingerprint density at radius 2 is 1.65 bits per heavy atom. The predicted octanol–water partition coefficient (Wildman–Crippen LogP) is 3.53. The summed E-state index contributed by atoms with van der Waals surface area (Å²) in [6, 6.07) is 18.5. The molecule has 0 aliphatic heterocycles. The van der Waals surface area contributed by atoms with E-state index >= 15 is 0 Å². The number of nitrogens with one attached hydrogen (secondary N) is 1. The average molecular weight is 352 g/mol. The third-order valence-electron chi connectivity index (χ3n) is 3.22. The van der Waals surface area contributed by atoms with Gasteiger partial charge in [0.1, 0.15) is 30.8 Å². The molecule has 134 valence electrons. The Labute approximate surface area is 152 Å². The number of hydrogen-bond acceptors (Lipinski definition) is 6. The Morgan fingerprint density at radius 1 is 1.04 bits per heavy atom. The lowest BCUT2D eigenvalue weighted by atomic mass is 10.3. The molecule has 0 amide bonds. The fraction of sp³-hybridized carbons (Fsp3) is 0.200. The molecule has 0 heterocycles. The zero-order valence-corrected chi connectivity index (χ0v) is 14.5. The molecule has 0 aliphatic rings. The Bertz CT molecular complexity index is 765. The van der Waals surface area contributed by atoms with Crippen molar-refractivity contribution >= 4 is 11.7 Å². The van der Waals surface area contributed by atoms with Gasteiger partial charge in [0, 0.05) is 11.9 Å². The normalized spacial score (nSPS) is 10.5. The van der Waals surface area contributed by atoms with Crippen molar-refractivity contribution in [3.8, 4) is 17.6 Å². The summed E-state index contributed by atoms with van der Waals surface area (Å²) in [5.41, 5.74) is 0.625. The first kappa shape index (κ1) is 18.9. The summed E-state index contributed by atoms with van der Waals surface area (Å²) >= 11 is 0. The number of esters is 1. The molecular weight excluding hydrogens is 332 g/mol. The molecule has 0 spiro atoms. The molecule has 0 saturated heterocycles. The lowest BCUT2D eigenvalue weighted by Gasteiger charge is -2.09. The molecule has 26 heavy (non-hydrogen) atoms. The molecule has 1 N–H and O–H groups in total. The van der Waals surface area contributed by atoms with Crippen molar-refractivity contribution in [2.45, 2.75) is 6.92 Å². The van der Waals surface area contributed by atoms with E-state index in [-0.39, 0.29) is 12.2 Å². The SMILES string of the molecule is CCOC(=O)/C(C#N)=C\Nc1ccc(OCCOc2ccccc2)cc1. The van der Waals surface area contributed by atoms with E-state index in [1.807, 2.05) is 30.3 Å². The van der Waals surface area contributed by atoms with Crippen molar-refractivity contribution in [3.63, 3.8) is 0 Å². The molecule has 0 atom stereocenters. The minimum atomic E-state index is -0.652. The first-order valence-electron chi connectivity index (χ1n) is 8.17. The predicted molar refractivity (Wildman–Crippen MR) is 97.8 cm³/mol. The van der Waals surface area contributed by atoms with Gasteiger partial charge in [-0.15, -0.1) is 0 Å². The number of hydrogen-bond donors (Lipinski definition) is 1. The number of rotatable bonds is 9. The van der Waals surface area contributed by atoms with E-state index in [1.165, 1.54) is 6.20 Å². The van der Waals surface area contributed by atoms with Crippen molar-refractivity contribution in [1.29, 1.82) is 5.26 Å². The molecule has 6 heteroatoms. The highest BCUT2D eigenvalue weighted by molar-refractivity contribution is 5.93. The summed E-state index contributed by atoms with van der Waals surface area (Å²) in [6.07, 6.45) is 1.32. The molecule has 0 bridgehead atoms. The van der Waals surface area contributed by atoms with Gasteiger partial charge in [-0.05, 0) is 43.3 Å². The van der Waals surface area contributed by atoms with Crippen molar-refractivity contribution < 1.29 is 19.0 Å². The van der Waals surface area contributed by atoms with Gasteiger partial charge < -0.3 is 19.5 Å². The van der Waals surface area contributed by atoms with Crippen LogP contribution >= 0.6 is 0 Å². The van der Waals surface area contributed by atoms with Crippen LogP contribution in [0.2, 0.25) is 0 Å². The quantitative estimate of drug-likeness (QED) is 0.322. The molecule has 0 unspecified atom stereocenters. The summed E-state index contributed by atoms with van der Waals surface area (Å²) in [7, 11) is 0. The molecule has 0 fully saturated rings. The van der Waals surface area contributed by atoms with Gasteiger partial charge in [-0.2, -0.15) is 5.26 Å². The largest absolute Gasteiger partial charge is 0.490 e. The second-order valence-corrected chi connectivity index (χ2v) is 5.07.